The highest BCUT2D eigenvalue weighted by Crippen LogP contribution is 2.26. The Bertz CT molecular complexity index is 1260. The summed E-state index contributed by atoms with van der Waals surface area (Å²) in [5.74, 6) is 0. The lowest BCUT2D eigenvalue weighted by molar-refractivity contribution is 0.477. The van der Waals surface area contributed by atoms with E-state index in [-0.39, 0.29) is 9.79 Å². The van der Waals surface area contributed by atoms with E-state index in [4.69, 9.17) is 0 Å². The van der Waals surface area contributed by atoms with Crippen LogP contribution in [0.15, 0.2) is 76.5 Å². The molecule has 6 nitrogen and oxygen atoms in total. The number of rotatable bonds is 6. The average Bonchev–Trinajstić information content (AvgIpc) is 3.29. The second kappa shape index (κ2) is 8.11. The number of benzene rings is 3. The van der Waals surface area contributed by atoms with Gasteiger partial charge in [-0.15, -0.1) is 0 Å². The standard InChI is InChI=1S/C22H24N2O4S2/c1-17(21-10-6-8-18-7-2-3-9-22(18)21)23-29(25,26)19-11-13-20(14-12-19)30(27,28)24-15-4-5-16-24/h2-3,6-14,17,23H,4-5,15-16H2,1H3/t17-/m1/s1. The number of fused-ring (bicyclic) bond motifs is 1. The molecule has 0 radical (unpaired) electrons. The molecule has 0 aliphatic carbocycles. The summed E-state index contributed by atoms with van der Waals surface area (Å²) in [7, 11) is -7.39. The number of hydrogen-bond acceptors (Lipinski definition) is 4. The first-order valence-corrected chi connectivity index (χ1v) is 12.8. The van der Waals surface area contributed by atoms with Crippen LogP contribution in [0.2, 0.25) is 0 Å². The predicted octanol–water partition coefficient (Wildman–Crippen LogP) is 3.66. The van der Waals surface area contributed by atoms with Crippen LogP contribution in [0.3, 0.4) is 0 Å². The molecule has 4 rings (SSSR count). The van der Waals surface area contributed by atoms with Gasteiger partial charge in [0.2, 0.25) is 20.0 Å². The molecule has 8 heteroatoms. The van der Waals surface area contributed by atoms with Crippen LogP contribution in [0.1, 0.15) is 31.4 Å². The Labute approximate surface area is 177 Å². The third kappa shape index (κ3) is 4.00. The normalized spacial score (nSPS) is 16.7. The maximum absolute atomic E-state index is 12.9. The van der Waals surface area contributed by atoms with Crippen molar-refractivity contribution in [3.63, 3.8) is 0 Å². The molecule has 1 atom stereocenters. The van der Waals surface area contributed by atoms with Gasteiger partial charge in [0.25, 0.3) is 0 Å². The Hall–Kier alpha value is -2.26. The smallest absolute Gasteiger partial charge is 0.207 e. The highest BCUT2D eigenvalue weighted by molar-refractivity contribution is 7.89. The van der Waals surface area contributed by atoms with E-state index in [1.54, 1.807) is 6.92 Å². The third-order valence-electron chi connectivity index (χ3n) is 5.46. The van der Waals surface area contributed by atoms with E-state index in [2.05, 4.69) is 4.72 Å². The lowest BCUT2D eigenvalue weighted by Crippen LogP contribution is -2.28. The van der Waals surface area contributed by atoms with Gasteiger partial charge in [-0.2, -0.15) is 4.31 Å². The van der Waals surface area contributed by atoms with Crippen molar-refractivity contribution in [1.29, 1.82) is 0 Å². The van der Waals surface area contributed by atoms with Crippen LogP contribution in [0.5, 0.6) is 0 Å². The molecule has 158 valence electrons. The molecule has 0 bridgehead atoms. The number of nitrogens with one attached hydrogen (secondary N) is 1. The molecule has 0 amide bonds. The summed E-state index contributed by atoms with van der Waals surface area (Å²) in [5, 5.41) is 2.03. The first-order valence-electron chi connectivity index (χ1n) is 9.89. The van der Waals surface area contributed by atoms with Gasteiger partial charge in [0, 0.05) is 19.1 Å². The maximum atomic E-state index is 12.9. The average molecular weight is 445 g/mol. The Morgan fingerprint density at radius 2 is 1.40 bits per heavy atom. The Balaban J connectivity index is 1.57. The van der Waals surface area contributed by atoms with Crippen LogP contribution in [0.4, 0.5) is 0 Å². The molecule has 3 aromatic rings. The van der Waals surface area contributed by atoms with E-state index in [0.717, 1.165) is 29.2 Å². The zero-order valence-electron chi connectivity index (χ0n) is 16.7. The SMILES string of the molecule is C[C@@H](NS(=O)(=O)c1ccc(S(=O)(=O)N2CCCC2)cc1)c1cccc2ccccc12. The predicted molar refractivity (Wildman–Crippen MR) is 117 cm³/mol. The van der Waals surface area contributed by atoms with Crippen molar-refractivity contribution in [2.45, 2.75) is 35.6 Å². The fourth-order valence-corrected chi connectivity index (χ4v) is 6.60. The fraction of sp³-hybridized carbons (Fsp3) is 0.273. The first-order chi connectivity index (χ1) is 14.3. The zero-order chi connectivity index (χ0) is 21.4. The minimum atomic E-state index is -3.82. The van der Waals surface area contributed by atoms with Crippen molar-refractivity contribution in [1.82, 2.24) is 9.03 Å². The van der Waals surface area contributed by atoms with Gasteiger partial charge in [0.15, 0.2) is 0 Å². The summed E-state index contributed by atoms with van der Waals surface area (Å²) in [6.07, 6.45) is 1.70. The largest absolute Gasteiger partial charge is 0.243 e. The number of nitrogens with zero attached hydrogens (tertiary/aromatic N) is 1. The molecule has 1 aliphatic rings. The van der Waals surface area contributed by atoms with E-state index in [9.17, 15) is 16.8 Å². The molecule has 3 aromatic carbocycles. The quantitative estimate of drug-likeness (QED) is 0.629. The molecule has 1 heterocycles. The maximum Gasteiger partial charge on any atom is 0.243 e. The molecular weight excluding hydrogens is 420 g/mol. The van der Waals surface area contributed by atoms with Crippen LogP contribution in [-0.4, -0.2) is 34.2 Å². The summed E-state index contributed by atoms with van der Waals surface area (Å²) in [6.45, 7) is 2.81. The van der Waals surface area contributed by atoms with E-state index >= 15 is 0 Å². The van der Waals surface area contributed by atoms with Crippen LogP contribution in [0, 0.1) is 0 Å². The molecule has 0 spiro atoms. The van der Waals surface area contributed by atoms with E-state index in [1.165, 1.54) is 28.6 Å². The van der Waals surface area contributed by atoms with Crippen LogP contribution < -0.4 is 4.72 Å². The van der Waals surface area contributed by atoms with Crippen molar-refractivity contribution >= 4 is 30.8 Å². The monoisotopic (exact) mass is 444 g/mol. The zero-order valence-corrected chi connectivity index (χ0v) is 18.3. The highest BCUT2D eigenvalue weighted by atomic mass is 32.2. The van der Waals surface area contributed by atoms with Gasteiger partial charge < -0.3 is 0 Å². The van der Waals surface area contributed by atoms with Crippen LogP contribution >= 0.6 is 0 Å². The lowest BCUT2D eigenvalue weighted by atomic mass is 10.0. The van der Waals surface area contributed by atoms with Crippen molar-refractivity contribution in [3.8, 4) is 0 Å². The number of sulfonamides is 2. The molecule has 1 saturated heterocycles. The van der Waals surface area contributed by atoms with Gasteiger partial charge >= 0.3 is 0 Å². The fourth-order valence-electron chi connectivity index (χ4n) is 3.86. The minimum absolute atomic E-state index is 0.0370. The molecule has 1 N–H and O–H groups in total. The molecular formula is C22H24N2O4S2. The summed E-state index contributed by atoms with van der Waals surface area (Å²) in [6, 6.07) is 18.6. The second-order valence-electron chi connectivity index (χ2n) is 7.49. The van der Waals surface area contributed by atoms with E-state index < -0.39 is 26.1 Å². The molecule has 1 fully saturated rings. The summed E-state index contributed by atoms with van der Waals surface area (Å²) >= 11 is 0. The van der Waals surface area contributed by atoms with Crippen LogP contribution in [0.25, 0.3) is 10.8 Å². The summed E-state index contributed by atoms with van der Waals surface area (Å²) in [4.78, 5) is 0.153. The Morgan fingerprint density at radius 1 is 0.800 bits per heavy atom. The lowest BCUT2D eigenvalue weighted by Gasteiger charge is -2.18. The Kier molecular flexibility index (Phi) is 5.67. The van der Waals surface area contributed by atoms with Gasteiger partial charge in [0.05, 0.1) is 9.79 Å². The van der Waals surface area contributed by atoms with E-state index in [0.29, 0.717) is 13.1 Å². The highest BCUT2D eigenvalue weighted by Gasteiger charge is 2.28. The van der Waals surface area contributed by atoms with Gasteiger partial charge in [0.1, 0.15) is 0 Å². The first kappa shape index (κ1) is 21.0. The van der Waals surface area contributed by atoms with Gasteiger partial charge in [-0.1, -0.05) is 42.5 Å². The van der Waals surface area contributed by atoms with Crippen molar-refractivity contribution in [3.05, 3.63) is 72.3 Å². The summed E-state index contributed by atoms with van der Waals surface area (Å²) in [5.41, 5.74) is 0.880. The van der Waals surface area contributed by atoms with Crippen LogP contribution in [-0.2, 0) is 20.0 Å². The van der Waals surface area contributed by atoms with Crippen molar-refractivity contribution in [2.24, 2.45) is 0 Å². The van der Waals surface area contributed by atoms with Gasteiger partial charge in [-0.3, -0.25) is 0 Å². The minimum Gasteiger partial charge on any atom is -0.207 e. The molecule has 0 aromatic heterocycles. The van der Waals surface area contributed by atoms with E-state index in [1.807, 2.05) is 42.5 Å². The topological polar surface area (TPSA) is 83.5 Å². The Morgan fingerprint density at radius 3 is 2.10 bits per heavy atom. The molecule has 1 aliphatic heterocycles. The summed E-state index contributed by atoms with van der Waals surface area (Å²) < 4.78 is 55.2. The van der Waals surface area contributed by atoms with Gasteiger partial charge in [-0.05, 0) is 60.4 Å². The molecule has 0 saturated carbocycles. The van der Waals surface area contributed by atoms with Crippen molar-refractivity contribution < 1.29 is 16.8 Å². The number of hydrogen-bond donors (Lipinski definition) is 1. The third-order valence-corrected chi connectivity index (χ3v) is 8.93. The van der Waals surface area contributed by atoms with Crippen molar-refractivity contribution in [2.75, 3.05) is 13.1 Å². The second-order valence-corrected chi connectivity index (χ2v) is 11.1. The molecule has 0 unspecified atom stereocenters. The molecule has 30 heavy (non-hydrogen) atoms. The van der Waals surface area contributed by atoms with Gasteiger partial charge in [-0.25, -0.2) is 21.6 Å².